The van der Waals surface area contributed by atoms with Gasteiger partial charge < -0.3 is 9.47 Å². The van der Waals surface area contributed by atoms with Gasteiger partial charge in [0.15, 0.2) is 0 Å². The topological polar surface area (TPSA) is 67.9 Å². The lowest BCUT2D eigenvalue weighted by Gasteiger charge is -2.41. The van der Waals surface area contributed by atoms with Crippen LogP contribution in [-0.4, -0.2) is 63.6 Å². The van der Waals surface area contributed by atoms with E-state index in [2.05, 4.69) is 9.62 Å². The average molecular weight is 399 g/mol. The minimum Gasteiger partial charge on any atom is -0.492 e. The number of ether oxygens (including phenoxy) is 2. The summed E-state index contributed by atoms with van der Waals surface area (Å²) in [7, 11) is -1.75. The number of aryl methyl sites for hydroxylation is 1. The number of sulfonamides is 1. The van der Waals surface area contributed by atoms with E-state index in [1.165, 1.54) is 0 Å². The normalized spacial score (nSPS) is 22.0. The van der Waals surface area contributed by atoms with Gasteiger partial charge in [0.1, 0.15) is 12.4 Å². The van der Waals surface area contributed by atoms with Crippen LogP contribution in [0.4, 0.5) is 0 Å². The summed E-state index contributed by atoms with van der Waals surface area (Å²) in [6.07, 6.45) is 1.76. The van der Waals surface area contributed by atoms with Crippen LogP contribution in [0.25, 0.3) is 0 Å². The molecule has 0 bridgehead atoms. The standard InChI is InChI=1S/C20H34N2O4S/c1-16-9-6-7-11-19(16)26-14-13-22-12-8-10-17(18(22)15-25-5)21-27(23,24)20(2,3)4/h6-7,9,11,17-18,21H,8,10,12-15H2,1-5H3/t17?,18-/m0/s1. The first kappa shape index (κ1) is 22.1. The van der Waals surface area contributed by atoms with Crippen molar-refractivity contribution in [3.63, 3.8) is 0 Å². The highest BCUT2D eigenvalue weighted by molar-refractivity contribution is 7.90. The lowest BCUT2D eigenvalue weighted by atomic mass is 9.97. The first-order valence-corrected chi connectivity index (χ1v) is 11.1. The van der Waals surface area contributed by atoms with Crippen LogP contribution in [0.15, 0.2) is 24.3 Å². The number of para-hydroxylation sites is 1. The summed E-state index contributed by atoms with van der Waals surface area (Å²) in [5.74, 6) is 0.891. The molecule has 1 heterocycles. The predicted molar refractivity (Wildman–Crippen MR) is 109 cm³/mol. The molecule has 1 unspecified atom stereocenters. The van der Waals surface area contributed by atoms with Gasteiger partial charge in [-0.3, -0.25) is 4.90 Å². The van der Waals surface area contributed by atoms with Crippen molar-refractivity contribution in [2.24, 2.45) is 0 Å². The third-order valence-electron chi connectivity index (χ3n) is 5.07. The Balaban J connectivity index is 2.02. The van der Waals surface area contributed by atoms with Gasteiger partial charge in [-0.25, -0.2) is 13.1 Å². The van der Waals surface area contributed by atoms with E-state index in [-0.39, 0.29) is 12.1 Å². The number of rotatable bonds is 8. The molecule has 27 heavy (non-hydrogen) atoms. The molecule has 1 saturated heterocycles. The van der Waals surface area contributed by atoms with E-state index >= 15 is 0 Å². The number of benzene rings is 1. The second kappa shape index (κ2) is 9.37. The number of methoxy groups -OCH3 is 1. The molecule has 1 aliphatic heterocycles. The first-order chi connectivity index (χ1) is 12.7. The van der Waals surface area contributed by atoms with Crippen molar-refractivity contribution in [2.45, 2.75) is 57.4 Å². The molecule has 1 aromatic carbocycles. The maximum Gasteiger partial charge on any atom is 0.216 e. The van der Waals surface area contributed by atoms with Crippen LogP contribution < -0.4 is 9.46 Å². The highest BCUT2D eigenvalue weighted by Gasteiger charge is 2.37. The van der Waals surface area contributed by atoms with Gasteiger partial charge in [-0.15, -0.1) is 0 Å². The van der Waals surface area contributed by atoms with Crippen LogP contribution in [0.1, 0.15) is 39.2 Å². The quantitative estimate of drug-likeness (QED) is 0.729. The van der Waals surface area contributed by atoms with Gasteiger partial charge in [-0.1, -0.05) is 18.2 Å². The number of piperidine rings is 1. The number of nitrogens with one attached hydrogen (secondary N) is 1. The molecule has 7 heteroatoms. The zero-order valence-electron chi connectivity index (χ0n) is 17.2. The van der Waals surface area contributed by atoms with Gasteiger partial charge in [0, 0.05) is 25.7 Å². The largest absolute Gasteiger partial charge is 0.492 e. The number of hydrogen-bond donors (Lipinski definition) is 1. The van der Waals surface area contributed by atoms with E-state index in [1.807, 2.05) is 31.2 Å². The van der Waals surface area contributed by atoms with E-state index < -0.39 is 14.8 Å². The molecule has 0 aromatic heterocycles. The van der Waals surface area contributed by atoms with Crippen molar-refractivity contribution >= 4 is 10.0 Å². The zero-order chi connectivity index (χ0) is 20.1. The molecule has 2 atom stereocenters. The molecule has 0 radical (unpaired) electrons. The van der Waals surface area contributed by atoms with E-state index in [4.69, 9.17) is 9.47 Å². The molecular weight excluding hydrogens is 364 g/mol. The van der Waals surface area contributed by atoms with Gasteiger partial charge in [0.25, 0.3) is 0 Å². The Morgan fingerprint density at radius 3 is 2.59 bits per heavy atom. The summed E-state index contributed by atoms with van der Waals surface area (Å²) in [5, 5.41) is 0. The van der Waals surface area contributed by atoms with Crippen molar-refractivity contribution in [3.8, 4) is 5.75 Å². The van der Waals surface area contributed by atoms with Crippen molar-refractivity contribution in [2.75, 3.05) is 33.4 Å². The minimum atomic E-state index is -3.40. The smallest absolute Gasteiger partial charge is 0.216 e. The Morgan fingerprint density at radius 1 is 1.26 bits per heavy atom. The molecule has 1 fully saturated rings. The van der Waals surface area contributed by atoms with E-state index in [9.17, 15) is 8.42 Å². The van der Waals surface area contributed by atoms with Gasteiger partial charge in [-0.05, 0) is 58.7 Å². The Labute approximate surface area is 164 Å². The van der Waals surface area contributed by atoms with Crippen LogP contribution in [0.2, 0.25) is 0 Å². The van der Waals surface area contributed by atoms with Gasteiger partial charge >= 0.3 is 0 Å². The summed E-state index contributed by atoms with van der Waals surface area (Å²) < 4.78 is 38.7. The van der Waals surface area contributed by atoms with Crippen LogP contribution in [0.5, 0.6) is 5.75 Å². The van der Waals surface area contributed by atoms with E-state index in [1.54, 1.807) is 27.9 Å². The van der Waals surface area contributed by atoms with Gasteiger partial charge in [0.2, 0.25) is 10.0 Å². The lowest BCUT2D eigenvalue weighted by molar-refractivity contribution is 0.0402. The Bertz CT molecular complexity index is 700. The third-order valence-corrected chi connectivity index (χ3v) is 7.30. The predicted octanol–water partition coefficient (Wildman–Crippen LogP) is 2.57. The number of hydrogen-bond acceptors (Lipinski definition) is 5. The third kappa shape index (κ3) is 5.91. The van der Waals surface area contributed by atoms with Crippen LogP contribution in [-0.2, 0) is 14.8 Å². The van der Waals surface area contributed by atoms with Crippen LogP contribution in [0.3, 0.4) is 0 Å². The Hall–Kier alpha value is -1.15. The van der Waals surface area contributed by atoms with Gasteiger partial charge in [-0.2, -0.15) is 0 Å². The van der Waals surface area contributed by atoms with Crippen molar-refractivity contribution in [1.82, 2.24) is 9.62 Å². The fourth-order valence-corrected chi connectivity index (χ4v) is 4.33. The summed E-state index contributed by atoms with van der Waals surface area (Å²) in [4.78, 5) is 2.28. The second-order valence-electron chi connectivity index (χ2n) is 8.15. The highest BCUT2D eigenvalue weighted by atomic mass is 32.2. The molecule has 0 spiro atoms. The van der Waals surface area contributed by atoms with Crippen LogP contribution >= 0.6 is 0 Å². The fourth-order valence-electron chi connectivity index (χ4n) is 3.30. The maximum absolute atomic E-state index is 12.6. The first-order valence-electron chi connectivity index (χ1n) is 9.59. The molecule has 1 aliphatic rings. The SMILES string of the molecule is COC[C@H]1C(NS(=O)(=O)C(C)(C)C)CCCN1CCOc1ccccc1C. The van der Waals surface area contributed by atoms with Crippen molar-refractivity contribution < 1.29 is 17.9 Å². The molecule has 1 aromatic rings. The second-order valence-corrected chi connectivity index (χ2v) is 10.6. The van der Waals surface area contributed by atoms with Crippen molar-refractivity contribution in [1.29, 1.82) is 0 Å². The Kier molecular flexibility index (Phi) is 7.68. The molecule has 0 aliphatic carbocycles. The molecule has 154 valence electrons. The monoisotopic (exact) mass is 398 g/mol. The lowest BCUT2D eigenvalue weighted by Crippen LogP contribution is -2.59. The number of likely N-dealkylation sites (tertiary alicyclic amines) is 1. The number of nitrogens with zero attached hydrogens (tertiary/aromatic N) is 1. The molecule has 1 N–H and O–H groups in total. The van der Waals surface area contributed by atoms with Crippen LogP contribution in [0, 0.1) is 6.92 Å². The van der Waals surface area contributed by atoms with E-state index in [0.29, 0.717) is 13.2 Å². The van der Waals surface area contributed by atoms with Crippen molar-refractivity contribution in [3.05, 3.63) is 29.8 Å². The highest BCUT2D eigenvalue weighted by Crippen LogP contribution is 2.23. The van der Waals surface area contributed by atoms with Gasteiger partial charge in [0.05, 0.1) is 11.4 Å². The average Bonchev–Trinajstić information content (AvgIpc) is 2.58. The molecular formula is C20H34N2O4S. The Morgan fingerprint density at radius 2 is 1.96 bits per heavy atom. The summed E-state index contributed by atoms with van der Waals surface area (Å²) in [6, 6.07) is 7.81. The minimum absolute atomic E-state index is 0.00125. The maximum atomic E-state index is 12.6. The summed E-state index contributed by atoms with van der Waals surface area (Å²) in [6.45, 7) is 9.88. The summed E-state index contributed by atoms with van der Waals surface area (Å²) >= 11 is 0. The molecule has 0 amide bonds. The fraction of sp³-hybridized carbons (Fsp3) is 0.700. The molecule has 6 nitrogen and oxygen atoms in total. The molecule has 2 rings (SSSR count). The zero-order valence-corrected chi connectivity index (χ0v) is 18.0. The van der Waals surface area contributed by atoms with E-state index in [0.717, 1.165) is 37.2 Å². The summed E-state index contributed by atoms with van der Waals surface area (Å²) in [5.41, 5.74) is 1.11. The molecule has 0 saturated carbocycles.